The molecule has 2 N–H and O–H groups in total. The van der Waals surface area contributed by atoms with E-state index in [2.05, 4.69) is 28.4 Å². The molecule has 1 aromatic rings. The maximum absolute atomic E-state index is 5.12. The van der Waals surface area contributed by atoms with E-state index in [1.165, 1.54) is 0 Å². The quantitative estimate of drug-likeness (QED) is 0.515. The molecule has 0 bridgehead atoms. The highest BCUT2D eigenvalue weighted by Gasteiger charge is 2.03. The second-order valence-electron chi connectivity index (χ2n) is 2.64. The first kappa shape index (κ1) is 8.82. The molecule has 0 aliphatic heterocycles. The van der Waals surface area contributed by atoms with Crippen molar-refractivity contribution < 1.29 is 0 Å². The van der Waals surface area contributed by atoms with E-state index in [4.69, 9.17) is 6.42 Å². The third-order valence-corrected chi connectivity index (χ3v) is 1.71. The van der Waals surface area contributed by atoms with Gasteiger partial charge in [-0.15, -0.1) is 12.3 Å². The summed E-state index contributed by atoms with van der Waals surface area (Å²) in [4.78, 5) is 0. The SMILES string of the molecule is C#CCCNC(C)c1ccn[nH]1. The second-order valence-corrected chi connectivity index (χ2v) is 2.64. The summed E-state index contributed by atoms with van der Waals surface area (Å²) in [6.07, 6.45) is 7.63. The Hall–Kier alpha value is -1.27. The highest BCUT2D eigenvalue weighted by molar-refractivity contribution is 5.03. The Morgan fingerprint density at radius 2 is 2.67 bits per heavy atom. The highest BCUT2D eigenvalue weighted by Crippen LogP contribution is 2.06. The molecule has 0 spiro atoms. The summed E-state index contributed by atoms with van der Waals surface area (Å²) < 4.78 is 0. The summed E-state index contributed by atoms with van der Waals surface area (Å²) in [5, 5.41) is 10.0. The van der Waals surface area contributed by atoms with Crippen LogP contribution in [0.5, 0.6) is 0 Å². The third kappa shape index (κ3) is 2.40. The average molecular weight is 163 g/mol. The van der Waals surface area contributed by atoms with Crippen LogP contribution < -0.4 is 5.32 Å². The number of nitrogens with zero attached hydrogens (tertiary/aromatic N) is 1. The van der Waals surface area contributed by atoms with Crippen LogP contribution >= 0.6 is 0 Å². The first-order chi connectivity index (χ1) is 5.84. The molecule has 3 nitrogen and oxygen atoms in total. The van der Waals surface area contributed by atoms with Crippen LogP contribution in [0.2, 0.25) is 0 Å². The largest absolute Gasteiger partial charge is 0.308 e. The van der Waals surface area contributed by atoms with Crippen LogP contribution in [0.15, 0.2) is 12.3 Å². The van der Waals surface area contributed by atoms with E-state index < -0.39 is 0 Å². The van der Waals surface area contributed by atoms with Gasteiger partial charge in [0.05, 0.1) is 5.69 Å². The van der Waals surface area contributed by atoms with Crippen LogP contribution in [0.4, 0.5) is 0 Å². The zero-order valence-electron chi connectivity index (χ0n) is 7.17. The maximum atomic E-state index is 5.12. The van der Waals surface area contributed by atoms with Gasteiger partial charge in [-0.3, -0.25) is 5.10 Å². The highest BCUT2D eigenvalue weighted by atomic mass is 15.1. The van der Waals surface area contributed by atoms with E-state index in [0.29, 0.717) is 6.04 Å². The van der Waals surface area contributed by atoms with E-state index in [1.807, 2.05) is 6.07 Å². The van der Waals surface area contributed by atoms with Crippen LogP contribution in [0, 0.1) is 12.3 Å². The van der Waals surface area contributed by atoms with Gasteiger partial charge in [0.2, 0.25) is 0 Å². The van der Waals surface area contributed by atoms with Gasteiger partial charge in [-0.25, -0.2) is 0 Å². The third-order valence-electron chi connectivity index (χ3n) is 1.71. The van der Waals surface area contributed by atoms with Crippen molar-refractivity contribution in [2.24, 2.45) is 0 Å². The number of hydrogen-bond acceptors (Lipinski definition) is 2. The fraction of sp³-hybridized carbons (Fsp3) is 0.444. The molecule has 3 heteroatoms. The van der Waals surface area contributed by atoms with Gasteiger partial charge in [0.25, 0.3) is 0 Å². The molecule has 0 saturated carbocycles. The van der Waals surface area contributed by atoms with Crippen LogP contribution in [-0.4, -0.2) is 16.7 Å². The molecular weight excluding hydrogens is 150 g/mol. The molecule has 1 atom stereocenters. The normalized spacial score (nSPS) is 12.3. The van der Waals surface area contributed by atoms with Crippen molar-refractivity contribution in [3.05, 3.63) is 18.0 Å². The predicted molar refractivity (Wildman–Crippen MR) is 48.5 cm³/mol. The van der Waals surface area contributed by atoms with Gasteiger partial charge in [-0.1, -0.05) is 0 Å². The van der Waals surface area contributed by atoms with E-state index in [1.54, 1.807) is 6.20 Å². The molecule has 1 heterocycles. The molecule has 0 amide bonds. The topological polar surface area (TPSA) is 40.7 Å². The molecule has 0 aliphatic carbocycles. The minimum atomic E-state index is 0.292. The average Bonchev–Trinajstić information content (AvgIpc) is 2.56. The molecule has 0 fully saturated rings. The van der Waals surface area contributed by atoms with E-state index in [0.717, 1.165) is 18.7 Å². The standard InChI is InChI=1S/C9H13N3/c1-3-4-6-10-8(2)9-5-7-11-12-9/h1,5,7-8,10H,4,6H2,2H3,(H,11,12). The van der Waals surface area contributed by atoms with Gasteiger partial charge in [0.15, 0.2) is 0 Å². The summed E-state index contributed by atoms with van der Waals surface area (Å²) in [6.45, 7) is 2.92. The fourth-order valence-electron chi connectivity index (χ4n) is 0.979. The van der Waals surface area contributed by atoms with Gasteiger partial charge < -0.3 is 5.32 Å². The molecule has 1 unspecified atom stereocenters. The van der Waals surface area contributed by atoms with Crippen molar-refractivity contribution in [2.45, 2.75) is 19.4 Å². The lowest BCUT2D eigenvalue weighted by Crippen LogP contribution is -2.19. The molecule has 0 radical (unpaired) electrons. The predicted octanol–water partition coefficient (Wildman–Crippen LogP) is 1.08. The molecule has 64 valence electrons. The second kappa shape index (κ2) is 4.58. The van der Waals surface area contributed by atoms with Crippen LogP contribution in [0.3, 0.4) is 0 Å². The smallest absolute Gasteiger partial charge is 0.0518 e. The van der Waals surface area contributed by atoms with Crippen molar-refractivity contribution in [1.29, 1.82) is 0 Å². The van der Waals surface area contributed by atoms with Gasteiger partial charge in [-0.2, -0.15) is 5.10 Å². The summed E-state index contributed by atoms with van der Waals surface area (Å²) in [7, 11) is 0. The molecule has 0 aromatic carbocycles. The van der Waals surface area contributed by atoms with Gasteiger partial charge in [0, 0.05) is 25.2 Å². The summed E-state index contributed by atoms with van der Waals surface area (Å²) in [6, 6.07) is 2.24. The Labute approximate surface area is 72.6 Å². The molecule has 1 rings (SSSR count). The van der Waals surface area contributed by atoms with Crippen molar-refractivity contribution in [2.75, 3.05) is 6.54 Å². The monoisotopic (exact) mass is 163 g/mol. The number of H-pyrrole nitrogens is 1. The molecule has 1 aromatic heterocycles. The van der Waals surface area contributed by atoms with Crippen LogP contribution in [0.25, 0.3) is 0 Å². The summed E-state index contributed by atoms with van der Waals surface area (Å²) in [5.41, 5.74) is 1.09. The minimum absolute atomic E-state index is 0.292. The zero-order chi connectivity index (χ0) is 8.81. The van der Waals surface area contributed by atoms with Gasteiger partial charge in [0.1, 0.15) is 0 Å². The number of terminal acetylenes is 1. The van der Waals surface area contributed by atoms with E-state index in [-0.39, 0.29) is 0 Å². The van der Waals surface area contributed by atoms with Gasteiger partial charge >= 0.3 is 0 Å². The van der Waals surface area contributed by atoms with Crippen LogP contribution in [-0.2, 0) is 0 Å². The Morgan fingerprint density at radius 1 is 1.83 bits per heavy atom. The lowest BCUT2D eigenvalue weighted by atomic mass is 10.2. The van der Waals surface area contributed by atoms with Crippen LogP contribution in [0.1, 0.15) is 25.1 Å². The fourth-order valence-corrected chi connectivity index (χ4v) is 0.979. The summed E-state index contributed by atoms with van der Waals surface area (Å²) in [5.74, 6) is 2.58. The number of aromatic amines is 1. The zero-order valence-corrected chi connectivity index (χ0v) is 7.17. The number of aromatic nitrogens is 2. The Balaban J connectivity index is 2.30. The lowest BCUT2D eigenvalue weighted by Gasteiger charge is -2.09. The summed E-state index contributed by atoms with van der Waals surface area (Å²) >= 11 is 0. The van der Waals surface area contributed by atoms with Gasteiger partial charge in [-0.05, 0) is 13.0 Å². The first-order valence-corrected chi connectivity index (χ1v) is 4.00. The van der Waals surface area contributed by atoms with E-state index >= 15 is 0 Å². The minimum Gasteiger partial charge on any atom is -0.308 e. The molecular formula is C9H13N3. The van der Waals surface area contributed by atoms with Crippen molar-refractivity contribution in [1.82, 2.24) is 15.5 Å². The number of nitrogens with one attached hydrogen (secondary N) is 2. The number of rotatable bonds is 4. The number of hydrogen-bond donors (Lipinski definition) is 2. The van der Waals surface area contributed by atoms with Crippen molar-refractivity contribution in [3.8, 4) is 12.3 Å². The van der Waals surface area contributed by atoms with Crippen molar-refractivity contribution >= 4 is 0 Å². The molecule has 0 saturated heterocycles. The maximum Gasteiger partial charge on any atom is 0.0518 e. The van der Waals surface area contributed by atoms with Crippen molar-refractivity contribution in [3.63, 3.8) is 0 Å². The Bertz CT molecular complexity index is 245. The Kier molecular flexibility index (Phi) is 3.36. The Morgan fingerprint density at radius 3 is 3.25 bits per heavy atom. The first-order valence-electron chi connectivity index (χ1n) is 4.00. The molecule has 0 aliphatic rings. The lowest BCUT2D eigenvalue weighted by molar-refractivity contribution is 0.569. The van der Waals surface area contributed by atoms with E-state index in [9.17, 15) is 0 Å². The molecule has 12 heavy (non-hydrogen) atoms.